The minimum absolute atomic E-state index is 0.159. The summed E-state index contributed by atoms with van der Waals surface area (Å²) in [7, 11) is 0. The van der Waals surface area contributed by atoms with E-state index >= 15 is 0 Å². The van der Waals surface area contributed by atoms with Gasteiger partial charge in [0.05, 0.1) is 23.0 Å². The molecule has 1 unspecified atom stereocenters. The highest BCUT2D eigenvalue weighted by atomic mass is 35.5. The van der Waals surface area contributed by atoms with E-state index in [0.29, 0.717) is 11.4 Å². The molecular formula is C22H22ClN3OS. The van der Waals surface area contributed by atoms with Crippen molar-refractivity contribution >= 4 is 29.3 Å². The topological polar surface area (TPSA) is 38.1 Å². The molecule has 2 heterocycles. The van der Waals surface area contributed by atoms with E-state index in [0.717, 1.165) is 41.2 Å². The molecule has 1 fully saturated rings. The average molecular weight is 412 g/mol. The molecule has 1 aliphatic heterocycles. The second-order valence-electron chi connectivity index (χ2n) is 6.74. The summed E-state index contributed by atoms with van der Waals surface area (Å²) in [6, 6.07) is 18.0. The summed E-state index contributed by atoms with van der Waals surface area (Å²) < 4.78 is 1.98. The molecule has 0 saturated carbocycles. The van der Waals surface area contributed by atoms with E-state index in [1.807, 2.05) is 89.1 Å². The number of para-hydroxylation sites is 1. The van der Waals surface area contributed by atoms with Crippen LogP contribution in [0.1, 0.15) is 18.9 Å². The number of hydrogen-bond donors (Lipinski definition) is 0. The summed E-state index contributed by atoms with van der Waals surface area (Å²) >= 11 is 7.95. The van der Waals surface area contributed by atoms with E-state index in [4.69, 9.17) is 11.6 Å². The van der Waals surface area contributed by atoms with Crippen LogP contribution >= 0.6 is 23.4 Å². The molecule has 28 heavy (non-hydrogen) atoms. The number of benzene rings is 2. The van der Waals surface area contributed by atoms with Gasteiger partial charge in [-0.15, -0.1) is 11.8 Å². The van der Waals surface area contributed by atoms with Crippen LogP contribution in [0.5, 0.6) is 0 Å². The van der Waals surface area contributed by atoms with Crippen LogP contribution in [-0.4, -0.2) is 38.3 Å². The van der Waals surface area contributed by atoms with Crippen LogP contribution in [0.2, 0.25) is 5.02 Å². The van der Waals surface area contributed by atoms with Crippen LogP contribution < -0.4 is 0 Å². The average Bonchev–Trinajstić information content (AvgIpc) is 3.36. The Morgan fingerprint density at radius 3 is 2.64 bits per heavy atom. The normalized spacial score (nSPS) is 16.5. The van der Waals surface area contributed by atoms with E-state index in [1.54, 1.807) is 0 Å². The standard InChI is InChI=1S/C22H22ClN3OS/c1-2-20(27)25-12-13-28-21(25)14-17-15-24-26(19-6-4-3-5-7-19)22(17)16-8-10-18(23)11-9-16/h3-11,15,21H,2,12-14H2,1H3. The van der Waals surface area contributed by atoms with E-state index in [2.05, 4.69) is 5.10 Å². The lowest BCUT2D eigenvalue weighted by Gasteiger charge is -2.23. The van der Waals surface area contributed by atoms with Crippen molar-refractivity contribution < 1.29 is 4.79 Å². The quantitative estimate of drug-likeness (QED) is 0.589. The molecule has 0 N–H and O–H groups in total. The van der Waals surface area contributed by atoms with Gasteiger partial charge in [-0.2, -0.15) is 5.10 Å². The lowest BCUT2D eigenvalue weighted by Crippen LogP contribution is -2.35. The summed E-state index contributed by atoms with van der Waals surface area (Å²) in [4.78, 5) is 14.3. The largest absolute Gasteiger partial charge is 0.330 e. The molecule has 4 nitrogen and oxygen atoms in total. The van der Waals surface area contributed by atoms with Gasteiger partial charge in [-0.05, 0) is 24.3 Å². The number of rotatable bonds is 5. The van der Waals surface area contributed by atoms with Gasteiger partial charge in [-0.1, -0.05) is 48.9 Å². The van der Waals surface area contributed by atoms with Crippen LogP contribution in [0.3, 0.4) is 0 Å². The smallest absolute Gasteiger partial charge is 0.223 e. The molecule has 3 aromatic rings. The highest BCUT2D eigenvalue weighted by Crippen LogP contribution is 2.33. The molecule has 1 aromatic heterocycles. The Balaban J connectivity index is 1.74. The molecule has 1 amide bonds. The van der Waals surface area contributed by atoms with Crippen LogP contribution in [0.25, 0.3) is 16.9 Å². The Hall–Kier alpha value is -2.24. The second-order valence-corrected chi connectivity index (χ2v) is 8.47. The first-order valence-electron chi connectivity index (χ1n) is 9.46. The number of carbonyl (C=O) groups is 1. The Labute approximate surface area is 174 Å². The monoisotopic (exact) mass is 411 g/mol. The van der Waals surface area contributed by atoms with Gasteiger partial charge in [0.2, 0.25) is 5.91 Å². The van der Waals surface area contributed by atoms with Gasteiger partial charge in [0, 0.05) is 41.3 Å². The molecule has 0 radical (unpaired) electrons. The molecule has 1 atom stereocenters. The van der Waals surface area contributed by atoms with Gasteiger partial charge < -0.3 is 4.90 Å². The first-order chi connectivity index (χ1) is 13.7. The van der Waals surface area contributed by atoms with Crippen molar-refractivity contribution in [1.82, 2.24) is 14.7 Å². The summed E-state index contributed by atoms with van der Waals surface area (Å²) in [6.45, 7) is 2.75. The lowest BCUT2D eigenvalue weighted by atomic mass is 10.0. The fraction of sp³-hybridized carbons (Fsp3) is 0.273. The van der Waals surface area contributed by atoms with E-state index in [1.165, 1.54) is 0 Å². The molecular weight excluding hydrogens is 390 g/mol. The molecule has 2 aromatic carbocycles. The summed E-state index contributed by atoms with van der Waals surface area (Å²) in [5.41, 5.74) is 4.27. The van der Waals surface area contributed by atoms with Gasteiger partial charge in [0.25, 0.3) is 0 Å². The third-order valence-electron chi connectivity index (χ3n) is 4.97. The zero-order valence-electron chi connectivity index (χ0n) is 15.7. The number of hydrogen-bond acceptors (Lipinski definition) is 3. The Kier molecular flexibility index (Phi) is 5.74. The minimum Gasteiger partial charge on any atom is -0.330 e. The fourth-order valence-corrected chi connectivity index (χ4v) is 4.98. The van der Waals surface area contributed by atoms with Crippen molar-refractivity contribution in [3.8, 4) is 16.9 Å². The number of nitrogens with zero attached hydrogens (tertiary/aromatic N) is 3. The molecule has 144 valence electrons. The summed E-state index contributed by atoms with van der Waals surface area (Å²) in [5.74, 6) is 1.21. The third-order valence-corrected chi connectivity index (χ3v) is 6.45. The third kappa shape index (κ3) is 3.82. The molecule has 0 spiro atoms. The number of aromatic nitrogens is 2. The van der Waals surface area contributed by atoms with Crippen LogP contribution in [0.15, 0.2) is 60.8 Å². The molecule has 1 aliphatic rings. The van der Waals surface area contributed by atoms with Gasteiger partial charge in [0.15, 0.2) is 0 Å². The van der Waals surface area contributed by atoms with E-state index in [9.17, 15) is 4.79 Å². The van der Waals surface area contributed by atoms with Gasteiger partial charge in [-0.3, -0.25) is 4.79 Å². The van der Waals surface area contributed by atoms with Gasteiger partial charge >= 0.3 is 0 Å². The predicted octanol–water partition coefficient (Wildman–Crippen LogP) is 5.05. The summed E-state index contributed by atoms with van der Waals surface area (Å²) in [5, 5.41) is 5.56. The summed E-state index contributed by atoms with van der Waals surface area (Å²) in [6.07, 6.45) is 3.26. The van der Waals surface area contributed by atoms with Crippen molar-refractivity contribution in [1.29, 1.82) is 0 Å². The maximum Gasteiger partial charge on any atom is 0.223 e. The maximum atomic E-state index is 12.3. The lowest BCUT2D eigenvalue weighted by molar-refractivity contribution is -0.130. The zero-order valence-corrected chi connectivity index (χ0v) is 17.3. The molecule has 1 saturated heterocycles. The van der Waals surface area contributed by atoms with Gasteiger partial charge in [-0.25, -0.2) is 4.68 Å². The Morgan fingerprint density at radius 2 is 1.93 bits per heavy atom. The van der Waals surface area contributed by atoms with Crippen LogP contribution in [-0.2, 0) is 11.2 Å². The van der Waals surface area contributed by atoms with Gasteiger partial charge in [0.1, 0.15) is 0 Å². The highest BCUT2D eigenvalue weighted by molar-refractivity contribution is 8.00. The van der Waals surface area contributed by atoms with Crippen LogP contribution in [0, 0.1) is 0 Å². The first-order valence-corrected chi connectivity index (χ1v) is 10.9. The Bertz CT molecular complexity index is 956. The van der Waals surface area contributed by atoms with E-state index < -0.39 is 0 Å². The van der Waals surface area contributed by atoms with Crippen LogP contribution in [0.4, 0.5) is 0 Å². The number of amides is 1. The number of thioether (sulfide) groups is 1. The van der Waals surface area contributed by atoms with Crippen molar-refractivity contribution in [3.63, 3.8) is 0 Å². The maximum absolute atomic E-state index is 12.3. The highest BCUT2D eigenvalue weighted by Gasteiger charge is 2.30. The molecule has 6 heteroatoms. The number of halogens is 1. The van der Waals surface area contributed by atoms with Crippen molar-refractivity contribution in [2.45, 2.75) is 25.1 Å². The zero-order chi connectivity index (χ0) is 19.5. The molecule has 4 rings (SSSR count). The first kappa shape index (κ1) is 19.1. The molecule has 0 aliphatic carbocycles. The molecule has 0 bridgehead atoms. The van der Waals surface area contributed by atoms with Crippen molar-refractivity contribution in [2.75, 3.05) is 12.3 Å². The SMILES string of the molecule is CCC(=O)N1CCSC1Cc1cnn(-c2ccccc2)c1-c1ccc(Cl)cc1. The predicted molar refractivity (Wildman–Crippen MR) is 116 cm³/mol. The Morgan fingerprint density at radius 1 is 1.18 bits per heavy atom. The fourth-order valence-electron chi connectivity index (χ4n) is 3.58. The van der Waals surface area contributed by atoms with E-state index in [-0.39, 0.29) is 11.3 Å². The number of carbonyl (C=O) groups excluding carboxylic acids is 1. The van der Waals surface area contributed by atoms with Crippen molar-refractivity contribution in [2.24, 2.45) is 0 Å². The van der Waals surface area contributed by atoms with Crippen molar-refractivity contribution in [3.05, 3.63) is 71.4 Å². The minimum atomic E-state index is 0.159. The second kappa shape index (κ2) is 8.41.